The van der Waals surface area contributed by atoms with E-state index >= 15 is 0 Å². The van der Waals surface area contributed by atoms with Crippen LogP contribution in [0.15, 0.2) is 67.0 Å². The van der Waals surface area contributed by atoms with Crippen molar-refractivity contribution in [3.05, 3.63) is 67.0 Å². The van der Waals surface area contributed by atoms with Crippen LogP contribution in [0.3, 0.4) is 0 Å². The lowest BCUT2D eigenvalue weighted by molar-refractivity contribution is 0.394. The molecule has 1 fully saturated rings. The van der Waals surface area contributed by atoms with Crippen molar-refractivity contribution in [1.29, 1.82) is 0 Å². The normalized spacial score (nSPS) is 14.3. The number of pyridine rings is 1. The fourth-order valence-corrected chi connectivity index (χ4v) is 4.29. The minimum Gasteiger partial charge on any atom is -0.497 e. The standard InChI is InChI=1S/C26H27N5O2/c1-32-21-15-20(16-22(17-21)33-2)28-19-9-13-31(14-10-19)26-23-5-3-4-6-24(23)29-25(30-26)18-7-11-27-12-8-18/h3-8,11-12,15-17,19,28H,9-10,13-14H2,1-2H3. The number of nitrogens with zero attached hydrogens (tertiary/aromatic N) is 4. The van der Waals surface area contributed by atoms with E-state index in [9.17, 15) is 0 Å². The maximum Gasteiger partial charge on any atom is 0.162 e. The molecule has 168 valence electrons. The molecule has 0 aliphatic carbocycles. The minimum atomic E-state index is 0.367. The van der Waals surface area contributed by atoms with E-state index in [1.807, 2.05) is 42.5 Å². The van der Waals surface area contributed by atoms with Crippen molar-refractivity contribution in [2.45, 2.75) is 18.9 Å². The number of benzene rings is 2. The average Bonchev–Trinajstić information content (AvgIpc) is 2.88. The predicted molar refractivity (Wildman–Crippen MR) is 131 cm³/mol. The van der Waals surface area contributed by atoms with Crippen LogP contribution in [0.25, 0.3) is 22.3 Å². The zero-order valence-corrected chi connectivity index (χ0v) is 18.9. The zero-order valence-electron chi connectivity index (χ0n) is 18.9. The molecule has 2 aromatic carbocycles. The minimum absolute atomic E-state index is 0.367. The van der Waals surface area contributed by atoms with Crippen molar-refractivity contribution in [2.24, 2.45) is 0 Å². The SMILES string of the molecule is COc1cc(NC2CCN(c3nc(-c4ccncc4)nc4ccccc34)CC2)cc(OC)c1. The van der Waals surface area contributed by atoms with Gasteiger partial charge in [0.05, 0.1) is 19.7 Å². The van der Waals surface area contributed by atoms with Gasteiger partial charge in [0.1, 0.15) is 17.3 Å². The van der Waals surface area contributed by atoms with E-state index in [0.717, 1.165) is 71.2 Å². The molecule has 7 heteroatoms. The molecule has 7 nitrogen and oxygen atoms in total. The first kappa shape index (κ1) is 21.0. The quantitative estimate of drug-likeness (QED) is 0.461. The van der Waals surface area contributed by atoms with Crippen LogP contribution in [0.2, 0.25) is 0 Å². The molecular weight excluding hydrogens is 414 g/mol. The molecule has 1 aliphatic rings. The summed E-state index contributed by atoms with van der Waals surface area (Å²) in [7, 11) is 3.34. The number of hydrogen-bond acceptors (Lipinski definition) is 7. The number of para-hydroxylation sites is 1. The van der Waals surface area contributed by atoms with Crippen LogP contribution in [0.1, 0.15) is 12.8 Å². The number of aromatic nitrogens is 3. The van der Waals surface area contributed by atoms with Crippen LogP contribution in [-0.2, 0) is 0 Å². The van der Waals surface area contributed by atoms with Gasteiger partial charge in [0, 0.05) is 66.4 Å². The smallest absolute Gasteiger partial charge is 0.162 e. The molecule has 0 saturated carbocycles. The maximum absolute atomic E-state index is 5.40. The second-order valence-corrected chi connectivity index (χ2v) is 8.13. The molecule has 0 radical (unpaired) electrons. The Kier molecular flexibility index (Phi) is 5.93. The summed E-state index contributed by atoms with van der Waals surface area (Å²) in [6.07, 6.45) is 5.56. The Bertz CT molecular complexity index is 1220. The molecule has 0 spiro atoms. The molecule has 1 N–H and O–H groups in total. The number of hydrogen-bond donors (Lipinski definition) is 1. The summed E-state index contributed by atoms with van der Waals surface area (Å²) in [4.78, 5) is 16.3. The molecule has 4 aromatic rings. The number of ether oxygens (including phenoxy) is 2. The maximum atomic E-state index is 5.40. The van der Waals surface area contributed by atoms with E-state index in [4.69, 9.17) is 19.4 Å². The molecule has 0 bridgehead atoms. The largest absolute Gasteiger partial charge is 0.497 e. The van der Waals surface area contributed by atoms with Gasteiger partial charge in [-0.25, -0.2) is 9.97 Å². The van der Waals surface area contributed by atoms with E-state index in [1.54, 1.807) is 26.6 Å². The molecule has 0 amide bonds. The third-order valence-electron chi connectivity index (χ3n) is 6.04. The molecule has 5 rings (SSSR count). The number of rotatable bonds is 6. The highest BCUT2D eigenvalue weighted by molar-refractivity contribution is 5.91. The van der Waals surface area contributed by atoms with Gasteiger partial charge in [0.15, 0.2) is 5.82 Å². The average molecular weight is 442 g/mol. The van der Waals surface area contributed by atoms with Crippen LogP contribution < -0.4 is 19.7 Å². The van der Waals surface area contributed by atoms with Gasteiger partial charge >= 0.3 is 0 Å². The molecule has 2 aromatic heterocycles. The van der Waals surface area contributed by atoms with Gasteiger partial charge in [-0.05, 0) is 37.1 Å². The third kappa shape index (κ3) is 4.53. The van der Waals surface area contributed by atoms with Crippen molar-refractivity contribution in [1.82, 2.24) is 15.0 Å². The van der Waals surface area contributed by atoms with Crippen molar-refractivity contribution in [2.75, 3.05) is 37.5 Å². The van der Waals surface area contributed by atoms with Crippen LogP contribution in [0, 0.1) is 0 Å². The fourth-order valence-electron chi connectivity index (χ4n) is 4.29. The monoisotopic (exact) mass is 441 g/mol. The lowest BCUT2D eigenvalue weighted by Gasteiger charge is -2.34. The molecule has 1 aliphatic heterocycles. The highest BCUT2D eigenvalue weighted by Gasteiger charge is 2.23. The van der Waals surface area contributed by atoms with E-state index in [2.05, 4.69) is 27.3 Å². The summed E-state index contributed by atoms with van der Waals surface area (Å²) >= 11 is 0. The van der Waals surface area contributed by atoms with Gasteiger partial charge in [-0.3, -0.25) is 4.98 Å². The number of nitrogens with one attached hydrogen (secondary N) is 1. The van der Waals surface area contributed by atoms with Gasteiger partial charge < -0.3 is 19.7 Å². The van der Waals surface area contributed by atoms with Gasteiger partial charge in [-0.15, -0.1) is 0 Å². The lowest BCUT2D eigenvalue weighted by Crippen LogP contribution is -2.39. The summed E-state index contributed by atoms with van der Waals surface area (Å²) in [5, 5.41) is 4.73. The Labute approximate surface area is 193 Å². The van der Waals surface area contributed by atoms with Gasteiger partial charge in [0.25, 0.3) is 0 Å². The molecule has 3 heterocycles. The number of fused-ring (bicyclic) bond motifs is 1. The Balaban J connectivity index is 1.36. The van der Waals surface area contributed by atoms with Crippen molar-refractivity contribution in [3.8, 4) is 22.9 Å². The van der Waals surface area contributed by atoms with Crippen molar-refractivity contribution < 1.29 is 9.47 Å². The van der Waals surface area contributed by atoms with Gasteiger partial charge in [-0.1, -0.05) is 12.1 Å². The Morgan fingerprint density at radius 2 is 1.58 bits per heavy atom. The highest BCUT2D eigenvalue weighted by Crippen LogP contribution is 2.31. The van der Waals surface area contributed by atoms with Crippen molar-refractivity contribution >= 4 is 22.4 Å². The number of methoxy groups -OCH3 is 2. The fraction of sp³-hybridized carbons (Fsp3) is 0.269. The van der Waals surface area contributed by atoms with Crippen LogP contribution >= 0.6 is 0 Å². The topological polar surface area (TPSA) is 72.4 Å². The summed E-state index contributed by atoms with van der Waals surface area (Å²) in [5.41, 5.74) is 2.94. The van der Waals surface area contributed by atoms with Gasteiger partial charge in [0.2, 0.25) is 0 Å². The number of anilines is 2. The summed E-state index contributed by atoms with van der Waals surface area (Å²) in [5.74, 6) is 3.29. The third-order valence-corrected chi connectivity index (χ3v) is 6.04. The molecule has 0 unspecified atom stereocenters. The van der Waals surface area contributed by atoms with E-state index < -0.39 is 0 Å². The highest BCUT2D eigenvalue weighted by atomic mass is 16.5. The van der Waals surface area contributed by atoms with Crippen molar-refractivity contribution in [3.63, 3.8) is 0 Å². The van der Waals surface area contributed by atoms with Crippen LogP contribution in [0.4, 0.5) is 11.5 Å². The summed E-state index contributed by atoms with van der Waals surface area (Å²) < 4.78 is 10.8. The molecule has 1 saturated heterocycles. The Morgan fingerprint density at radius 1 is 0.879 bits per heavy atom. The first-order chi connectivity index (χ1) is 16.2. The number of piperidine rings is 1. The van der Waals surface area contributed by atoms with Crippen LogP contribution in [0.5, 0.6) is 11.5 Å². The zero-order chi connectivity index (χ0) is 22.6. The Morgan fingerprint density at radius 3 is 2.27 bits per heavy atom. The predicted octanol–water partition coefficient (Wildman–Crippen LogP) is 4.79. The first-order valence-corrected chi connectivity index (χ1v) is 11.2. The van der Waals surface area contributed by atoms with E-state index in [-0.39, 0.29) is 0 Å². The lowest BCUT2D eigenvalue weighted by atomic mass is 10.0. The summed E-state index contributed by atoms with van der Waals surface area (Å²) in [6.45, 7) is 1.82. The molecular formula is C26H27N5O2. The molecule has 0 atom stereocenters. The van der Waals surface area contributed by atoms with Gasteiger partial charge in [-0.2, -0.15) is 0 Å². The Hall–Kier alpha value is -3.87. The molecule has 33 heavy (non-hydrogen) atoms. The first-order valence-electron chi connectivity index (χ1n) is 11.2. The van der Waals surface area contributed by atoms with E-state index in [1.165, 1.54) is 0 Å². The van der Waals surface area contributed by atoms with Crippen LogP contribution in [-0.4, -0.2) is 48.3 Å². The second kappa shape index (κ2) is 9.32. The van der Waals surface area contributed by atoms with E-state index in [0.29, 0.717) is 6.04 Å². The summed E-state index contributed by atoms with van der Waals surface area (Å²) in [6, 6.07) is 18.4. The second-order valence-electron chi connectivity index (χ2n) is 8.13.